The van der Waals surface area contributed by atoms with Gasteiger partial charge in [-0.1, -0.05) is 273 Å². The van der Waals surface area contributed by atoms with Crippen molar-refractivity contribution in [3.8, 4) is 0 Å². The molecule has 0 aromatic rings. The maximum Gasteiger partial charge on any atom is 0.158 e. The summed E-state index contributed by atoms with van der Waals surface area (Å²) in [5.41, 5.74) is 0. The second-order valence-corrected chi connectivity index (χ2v) is 23.1. The highest BCUT2D eigenvalue weighted by atomic mass is 16.8. The van der Waals surface area contributed by atoms with Crippen molar-refractivity contribution in [1.29, 1.82) is 0 Å². The molecule has 3 rings (SSSR count). The fourth-order valence-electron chi connectivity index (χ4n) is 10.8. The Morgan fingerprint density at radius 1 is 0.258 bits per heavy atom. The lowest BCUT2D eigenvalue weighted by atomic mass is 10.0. The molecule has 6 heteroatoms. The predicted octanol–water partition coefficient (Wildman–Crippen LogP) is 18.9. The Morgan fingerprint density at radius 2 is 0.470 bits per heavy atom. The summed E-state index contributed by atoms with van der Waals surface area (Å²) in [7, 11) is 0. The molecule has 6 nitrogen and oxygen atoms in total. The van der Waals surface area contributed by atoms with Gasteiger partial charge < -0.3 is 28.4 Å². The van der Waals surface area contributed by atoms with Crippen LogP contribution in [-0.2, 0) is 28.4 Å². The summed E-state index contributed by atoms with van der Waals surface area (Å²) in [6, 6.07) is 0. The van der Waals surface area contributed by atoms with Crippen LogP contribution in [0.3, 0.4) is 0 Å². The second kappa shape index (κ2) is 41.4. The molecule has 0 aromatic carbocycles. The number of ether oxygens (including phenoxy) is 6. The van der Waals surface area contributed by atoms with E-state index in [1.54, 1.807) is 0 Å². The summed E-state index contributed by atoms with van der Waals surface area (Å²) >= 11 is 0. The maximum atomic E-state index is 6.73. The van der Waals surface area contributed by atoms with Crippen LogP contribution in [0.25, 0.3) is 0 Å². The molecule has 3 saturated heterocycles. The maximum absolute atomic E-state index is 6.73. The molecule has 7 atom stereocenters. The third-order valence-corrected chi connectivity index (χ3v) is 15.1. The minimum absolute atomic E-state index is 0.113. The second-order valence-electron chi connectivity index (χ2n) is 23.1. The number of hydrogen-bond acceptors (Lipinski definition) is 6. The van der Waals surface area contributed by atoms with Crippen molar-refractivity contribution < 1.29 is 28.4 Å². The normalized spacial score (nSPS) is 23.5. The molecule has 0 aliphatic carbocycles. The molecule has 3 fully saturated rings. The Balaban J connectivity index is 1.28. The standard InChI is InChI=1S/C60H116O6/c1-51(2)43-37-31-25-19-13-7-10-16-22-28-34-40-46-56-61-49-54(63-56)59-60(66-58(65-59)48-42-36-30-24-18-12-9-15-21-27-33-39-45-53(5)6)55-50-62-57(64-55)47-41-35-29-23-17-11-8-14-20-26-32-38-44-52(3)4/h51-60H,7-50H2,1-6H3/t54-,55+,56?,57?,58?,59-,60-/m1/s1. The van der Waals surface area contributed by atoms with Gasteiger partial charge in [0, 0.05) is 0 Å². The van der Waals surface area contributed by atoms with E-state index in [9.17, 15) is 0 Å². The lowest BCUT2D eigenvalue weighted by Gasteiger charge is -2.25. The van der Waals surface area contributed by atoms with Crippen molar-refractivity contribution in [2.75, 3.05) is 13.2 Å². The quantitative estimate of drug-likeness (QED) is 0.0567. The molecule has 3 aliphatic rings. The molecule has 3 aliphatic heterocycles. The molecule has 0 saturated carbocycles. The van der Waals surface area contributed by atoms with E-state index in [0.717, 1.165) is 43.4 Å². The minimum atomic E-state index is -0.199. The SMILES string of the molecule is CC(C)CCCCCCCCCCCCCCC1O[C@H]([C@@H]2COC(CCCCCCCCCCCCCCC(C)C)O2)[C@@H]([C@H]2COC(CCCCCCCCCCCCCCC(C)C)O2)O1. The number of unbranched alkanes of at least 4 members (excludes halogenated alkanes) is 33. The first-order valence-electron chi connectivity index (χ1n) is 30.2. The highest BCUT2D eigenvalue weighted by molar-refractivity contribution is 4.93. The number of hydrogen-bond donors (Lipinski definition) is 0. The van der Waals surface area contributed by atoms with E-state index < -0.39 is 0 Å². The molecular weight excluding hydrogens is 817 g/mol. The van der Waals surface area contributed by atoms with Gasteiger partial charge in [-0.25, -0.2) is 0 Å². The summed E-state index contributed by atoms with van der Waals surface area (Å²) in [6.07, 6.45) is 55.4. The van der Waals surface area contributed by atoms with Crippen LogP contribution in [0.2, 0.25) is 0 Å². The van der Waals surface area contributed by atoms with Crippen LogP contribution < -0.4 is 0 Å². The van der Waals surface area contributed by atoms with Crippen LogP contribution in [0.5, 0.6) is 0 Å². The van der Waals surface area contributed by atoms with Gasteiger partial charge in [0.15, 0.2) is 18.9 Å². The van der Waals surface area contributed by atoms with Gasteiger partial charge in [0.1, 0.15) is 24.4 Å². The molecule has 0 aromatic heterocycles. The van der Waals surface area contributed by atoms with Gasteiger partial charge in [0.25, 0.3) is 0 Å². The molecular formula is C60H116O6. The van der Waals surface area contributed by atoms with Crippen LogP contribution in [-0.4, -0.2) is 56.5 Å². The van der Waals surface area contributed by atoms with Crippen molar-refractivity contribution >= 4 is 0 Å². The fourth-order valence-corrected chi connectivity index (χ4v) is 10.8. The molecule has 3 heterocycles. The lowest BCUT2D eigenvalue weighted by Crippen LogP contribution is -2.44. The van der Waals surface area contributed by atoms with Crippen LogP contribution in [0.4, 0.5) is 0 Å². The van der Waals surface area contributed by atoms with Crippen molar-refractivity contribution in [2.24, 2.45) is 17.8 Å². The molecule has 0 amide bonds. The summed E-state index contributed by atoms with van der Waals surface area (Å²) in [4.78, 5) is 0. The molecule has 392 valence electrons. The smallest absolute Gasteiger partial charge is 0.158 e. The van der Waals surface area contributed by atoms with Gasteiger partial charge in [-0.3, -0.25) is 0 Å². The topological polar surface area (TPSA) is 55.4 Å². The van der Waals surface area contributed by atoms with Gasteiger partial charge >= 0.3 is 0 Å². The summed E-state index contributed by atoms with van der Waals surface area (Å²) in [5, 5.41) is 0. The van der Waals surface area contributed by atoms with Gasteiger partial charge in [-0.05, 0) is 56.3 Å². The van der Waals surface area contributed by atoms with E-state index in [4.69, 9.17) is 28.4 Å². The molecule has 0 bridgehead atoms. The van der Waals surface area contributed by atoms with E-state index >= 15 is 0 Å². The summed E-state index contributed by atoms with van der Waals surface area (Å²) < 4.78 is 39.2. The molecule has 3 unspecified atom stereocenters. The van der Waals surface area contributed by atoms with Crippen molar-refractivity contribution in [1.82, 2.24) is 0 Å². The van der Waals surface area contributed by atoms with E-state index in [2.05, 4.69) is 41.5 Å². The average molecular weight is 934 g/mol. The largest absolute Gasteiger partial charge is 0.350 e. The first kappa shape index (κ1) is 60.1. The third-order valence-electron chi connectivity index (χ3n) is 15.1. The Bertz CT molecular complexity index is 973. The van der Waals surface area contributed by atoms with Crippen LogP contribution >= 0.6 is 0 Å². The Hall–Kier alpha value is -0.240. The third kappa shape index (κ3) is 31.9. The molecule has 0 radical (unpaired) electrons. The fraction of sp³-hybridized carbons (Fsp3) is 1.00. The van der Waals surface area contributed by atoms with Gasteiger partial charge in [-0.2, -0.15) is 0 Å². The minimum Gasteiger partial charge on any atom is -0.350 e. The average Bonchev–Trinajstić information content (AvgIpc) is 4.07. The zero-order chi connectivity index (χ0) is 47.1. The Labute approximate surface area is 412 Å². The van der Waals surface area contributed by atoms with Crippen LogP contribution in [0.1, 0.15) is 311 Å². The first-order chi connectivity index (χ1) is 32.3. The van der Waals surface area contributed by atoms with E-state index in [1.807, 2.05) is 0 Å². The monoisotopic (exact) mass is 933 g/mol. The van der Waals surface area contributed by atoms with Crippen molar-refractivity contribution in [3.05, 3.63) is 0 Å². The summed E-state index contributed by atoms with van der Waals surface area (Å²) in [5.74, 6) is 2.58. The van der Waals surface area contributed by atoms with Gasteiger partial charge in [-0.15, -0.1) is 0 Å². The van der Waals surface area contributed by atoms with Gasteiger partial charge in [0.05, 0.1) is 13.2 Å². The van der Waals surface area contributed by atoms with Gasteiger partial charge in [0.2, 0.25) is 0 Å². The van der Waals surface area contributed by atoms with Crippen molar-refractivity contribution in [2.45, 2.75) is 355 Å². The van der Waals surface area contributed by atoms with Crippen LogP contribution in [0, 0.1) is 17.8 Å². The molecule has 66 heavy (non-hydrogen) atoms. The van der Waals surface area contributed by atoms with E-state index in [0.29, 0.717) is 13.2 Å². The first-order valence-corrected chi connectivity index (χ1v) is 30.2. The molecule has 0 spiro atoms. The lowest BCUT2D eigenvalue weighted by molar-refractivity contribution is -0.108. The molecule has 0 N–H and O–H groups in total. The zero-order valence-corrected chi connectivity index (χ0v) is 45.3. The Morgan fingerprint density at radius 3 is 0.712 bits per heavy atom. The highest BCUT2D eigenvalue weighted by Gasteiger charge is 2.50. The van der Waals surface area contributed by atoms with Crippen molar-refractivity contribution in [3.63, 3.8) is 0 Å². The predicted molar refractivity (Wildman–Crippen MR) is 281 cm³/mol. The zero-order valence-electron chi connectivity index (χ0n) is 45.3. The van der Waals surface area contributed by atoms with Crippen LogP contribution in [0.15, 0.2) is 0 Å². The number of rotatable bonds is 47. The summed E-state index contributed by atoms with van der Waals surface area (Å²) in [6.45, 7) is 15.2. The van der Waals surface area contributed by atoms with E-state index in [-0.39, 0.29) is 43.3 Å². The Kier molecular flexibility index (Phi) is 37.7. The van der Waals surface area contributed by atoms with E-state index in [1.165, 1.54) is 244 Å². The highest BCUT2D eigenvalue weighted by Crippen LogP contribution is 2.36.